The van der Waals surface area contributed by atoms with Gasteiger partial charge in [0.15, 0.2) is 0 Å². The number of rotatable bonds is 23. The normalized spacial score (nSPS) is 12.2. The summed E-state index contributed by atoms with van der Waals surface area (Å²) in [6, 6.07) is 0. The van der Waals surface area contributed by atoms with E-state index in [-0.39, 0.29) is 0 Å². The van der Waals surface area contributed by atoms with E-state index in [0.29, 0.717) is 5.41 Å². The number of hydrogen-bond acceptors (Lipinski definition) is 1. The van der Waals surface area contributed by atoms with Gasteiger partial charge in [0, 0.05) is 13.2 Å². The van der Waals surface area contributed by atoms with Crippen molar-refractivity contribution in [1.82, 2.24) is 0 Å². The molecule has 0 aliphatic rings. The van der Waals surface area contributed by atoms with E-state index in [9.17, 15) is 0 Å². The van der Waals surface area contributed by atoms with Crippen LogP contribution < -0.4 is 0 Å². The Morgan fingerprint density at radius 2 is 0.931 bits per heavy atom. The van der Waals surface area contributed by atoms with Gasteiger partial charge in [-0.05, 0) is 30.6 Å². The van der Waals surface area contributed by atoms with Gasteiger partial charge in [0.05, 0.1) is 0 Å². The van der Waals surface area contributed by atoms with E-state index in [1.807, 2.05) is 0 Å². The zero-order valence-corrected chi connectivity index (χ0v) is 21.3. The molecule has 0 bridgehead atoms. The van der Waals surface area contributed by atoms with Crippen molar-refractivity contribution in [2.75, 3.05) is 13.2 Å². The first-order valence-corrected chi connectivity index (χ1v) is 13.6. The van der Waals surface area contributed by atoms with E-state index in [1.54, 1.807) is 0 Å². The van der Waals surface area contributed by atoms with Crippen LogP contribution in [0.4, 0.5) is 0 Å². The highest BCUT2D eigenvalue weighted by Crippen LogP contribution is 2.30. The van der Waals surface area contributed by atoms with Crippen LogP contribution in [-0.2, 0) is 4.74 Å². The third-order valence-corrected chi connectivity index (χ3v) is 7.10. The van der Waals surface area contributed by atoms with Crippen LogP contribution in [0.25, 0.3) is 0 Å². The van der Waals surface area contributed by atoms with Gasteiger partial charge in [0.1, 0.15) is 0 Å². The Balaban J connectivity index is 3.12. The summed E-state index contributed by atoms with van der Waals surface area (Å²) in [6.45, 7) is 13.7. The molecule has 0 atom stereocenters. The minimum atomic E-state index is 0.538. The third-order valence-electron chi connectivity index (χ3n) is 7.10. The molecule has 0 heterocycles. The first-order chi connectivity index (χ1) is 14.0. The van der Waals surface area contributed by atoms with E-state index < -0.39 is 0 Å². The predicted molar refractivity (Wildman–Crippen MR) is 133 cm³/mol. The van der Waals surface area contributed by atoms with Crippen molar-refractivity contribution in [1.29, 1.82) is 0 Å². The molecule has 176 valence electrons. The van der Waals surface area contributed by atoms with Crippen LogP contribution >= 0.6 is 0 Å². The monoisotopic (exact) mass is 410 g/mol. The van der Waals surface area contributed by atoms with Crippen molar-refractivity contribution < 1.29 is 4.74 Å². The lowest BCUT2D eigenvalue weighted by Gasteiger charge is -2.26. The minimum absolute atomic E-state index is 0.538. The van der Waals surface area contributed by atoms with Crippen LogP contribution in [0.15, 0.2) is 0 Å². The molecular weight excluding hydrogens is 352 g/mol. The van der Waals surface area contributed by atoms with Gasteiger partial charge in [-0.15, -0.1) is 0 Å². The molecule has 1 heteroatoms. The van der Waals surface area contributed by atoms with Gasteiger partial charge >= 0.3 is 0 Å². The summed E-state index contributed by atoms with van der Waals surface area (Å²) in [6.07, 6.45) is 26.6. The maximum absolute atomic E-state index is 5.84. The zero-order chi connectivity index (χ0) is 21.6. The molecule has 0 unspecified atom stereocenters. The lowest BCUT2D eigenvalue weighted by molar-refractivity contribution is 0.113. The Morgan fingerprint density at radius 3 is 1.34 bits per heavy atom. The van der Waals surface area contributed by atoms with Crippen molar-refractivity contribution in [3.05, 3.63) is 0 Å². The highest BCUT2D eigenvalue weighted by molar-refractivity contribution is 4.70. The van der Waals surface area contributed by atoms with Crippen LogP contribution in [0.3, 0.4) is 0 Å². The van der Waals surface area contributed by atoms with Gasteiger partial charge in [0.2, 0.25) is 0 Å². The van der Waals surface area contributed by atoms with Gasteiger partial charge in [0.25, 0.3) is 0 Å². The SMILES string of the molecule is CCC(C)(CC)CCCOCCCCCCCCCCCCCCCCC(C)C. The fourth-order valence-corrected chi connectivity index (χ4v) is 4.18. The number of hydrogen-bond donors (Lipinski definition) is 0. The highest BCUT2D eigenvalue weighted by Gasteiger charge is 2.18. The molecule has 0 N–H and O–H groups in total. The van der Waals surface area contributed by atoms with Crippen molar-refractivity contribution in [2.24, 2.45) is 11.3 Å². The van der Waals surface area contributed by atoms with Crippen LogP contribution in [-0.4, -0.2) is 13.2 Å². The summed E-state index contributed by atoms with van der Waals surface area (Å²) in [4.78, 5) is 0. The lowest BCUT2D eigenvalue weighted by atomic mass is 9.80. The molecule has 0 aromatic rings. The van der Waals surface area contributed by atoms with Crippen molar-refractivity contribution in [3.8, 4) is 0 Å². The highest BCUT2D eigenvalue weighted by atomic mass is 16.5. The Labute approximate surface area is 186 Å². The summed E-state index contributed by atoms with van der Waals surface area (Å²) in [7, 11) is 0. The summed E-state index contributed by atoms with van der Waals surface area (Å²) in [5.74, 6) is 0.890. The van der Waals surface area contributed by atoms with Crippen LogP contribution in [0.5, 0.6) is 0 Å². The fraction of sp³-hybridized carbons (Fsp3) is 1.00. The molecule has 0 aliphatic carbocycles. The summed E-state index contributed by atoms with van der Waals surface area (Å²) < 4.78 is 5.84. The third kappa shape index (κ3) is 21.0. The molecule has 0 spiro atoms. The maximum Gasteiger partial charge on any atom is 0.0466 e. The van der Waals surface area contributed by atoms with Gasteiger partial charge in [-0.3, -0.25) is 0 Å². The molecule has 0 aliphatic heterocycles. The Kier molecular flexibility index (Phi) is 21.2. The van der Waals surface area contributed by atoms with Gasteiger partial charge in [-0.1, -0.05) is 137 Å². The molecule has 29 heavy (non-hydrogen) atoms. The van der Waals surface area contributed by atoms with Crippen molar-refractivity contribution >= 4 is 0 Å². The standard InChI is InChI=1S/C28H58O/c1-6-28(5,7-2)24-22-26-29-25-21-19-17-15-13-11-9-8-10-12-14-16-18-20-23-27(3)4/h27H,6-26H2,1-5H3. The van der Waals surface area contributed by atoms with Crippen LogP contribution in [0, 0.1) is 11.3 Å². The molecule has 0 amide bonds. The summed E-state index contributed by atoms with van der Waals surface area (Å²) >= 11 is 0. The van der Waals surface area contributed by atoms with Crippen molar-refractivity contribution in [3.63, 3.8) is 0 Å². The minimum Gasteiger partial charge on any atom is -0.381 e. The molecule has 0 radical (unpaired) electrons. The first-order valence-electron chi connectivity index (χ1n) is 13.6. The van der Waals surface area contributed by atoms with E-state index in [0.717, 1.165) is 19.1 Å². The average Bonchev–Trinajstić information content (AvgIpc) is 2.71. The molecule has 0 fully saturated rings. The lowest BCUT2D eigenvalue weighted by Crippen LogP contribution is -2.14. The summed E-state index contributed by atoms with van der Waals surface area (Å²) in [5, 5.41) is 0. The van der Waals surface area contributed by atoms with Crippen LogP contribution in [0.2, 0.25) is 0 Å². The second-order valence-electron chi connectivity index (χ2n) is 10.4. The van der Waals surface area contributed by atoms with E-state index >= 15 is 0 Å². The second-order valence-corrected chi connectivity index (χ2v) is 10.4. The number of ether oxygens (including phenoxy) is 1. The molecular formula is C28H58O. The Bertz CT molecular complexity index is 305. The van der Waals surface area contributed by atoms with E-state index in [2.05, 4.69) is 34.6 Å². The summed E-state index contributed by atoms with van der Waals surface area (Å²) in [5.41, 5.74) is 0.538. The quantitative estimate of drug-likeness (QED) is 0.152. The van der Waals surface area contributed by atoms with Gasteiger partial charge in [-0.2, -0.15) is 0 Å². The smallest absolute Gasteiger partial charge is 0.0466 e. The maximum atomic E-state index is 5.84. The van der Waals surface area contributed by atoms with Crippen molar-refractivity contribution in [2.45, 2.75) is 157 Å². The number of unbranched alkanes of at least 4 members (excludes halogenated alkanes) is 13. The second kappa shape index (κ2) is 21.2. The van der Waals surface area contributed by atoms with Gasteiger partial charge < -0.3 is 4.74 Å². The Hall–Kier alpha value is -0.0400. The molecule has 0 rings (SSSR count). The molecule has 0 aromatic carbocycles. The van der Waals surface area contributed by atoms with E-state index in [1.165, 1.54) is 122 Å². The van der Waals surface area contributed by atoms with Gasteiger partial charge in [-0.25, -0.2) is 0 Å². The fourth-order valence-electron chi connectivity index (χ4n) is 4.18. The molecule has 1 nitrogen and oxygen atoms in total. The largest absolute Gasteiger partial charge is 0.381 e. The molecule has 0 saturated carbocycles. The first kappa shape index (κ1) is 29.0. The van der Waals surface area contributed by atoms with Crippen LogP contribution in [0.1, 0.15) is 157 Å². The molecule has 0 saturated heterocycles. The molecule has 0 aromatic heterocycles. The predicted octanol–water partition coefficient (Wildman–Crippen LogP) is 10.1. The Morgan fingerprint density at radius 1 is 0.552 bits per heavy atom. The average molecular weight is 411 g/mol. The zero-order valence-electron chi connectivity index (χ0n) is 21.3. The van der Waals surface area contributed by atoms with E-state index in [4.69, 9.17) is 4.74 Å². The topological polar surface area (TPSA) is 9.23 Å².